The second-order valence-corrected chi connectivity index (χ2v) is 7.34. The summed E-state index contributed by atoms with van der Waals surface area (Å²) < 4.78 is 0. The van der Waals surface area contributed by atoms with E-state index in [9.17, 15) is 14.4 Å². The number of hydrogen-bond acceptors (Lipinski definition) is 5. The fraction of sp³-hybridized carbons (Fsp3) is 0.143. The zero-order chi connectivity index (χ0) is 19.8. The van der Waals surface area contributed by atoms with Gasteiger partial charge in [-0.3, -0.25) is 14.4 Å². The maximum atomic E-state index is 12.9. The molecule has 0 saturated carbocycles. The molecule has 2 aromatic rings. The number of rotatable bonds is 2. The Hall–Kier alpha value is -3.19. The van der Waals surface area contributed by atoms with Gasteiger partial charge in [-0.1, -0.05) is 43.3 Å². The fourth-order valence-corrected chi connectivity index (χ4v) is 4.24. The molecular weight excluding hydrogens is 374 g/mol. The predicted molar refractivity (Wildman–Crippen MR) is 110 cm³/mol. The number of fused-ring (bicyclic) bond motifs is 1. The van der Waals surface area contributed by atoms with E-state index >= 15 is 0 Å². The van der Waals surface area contributed by atoms with E-state index in [1.807, 2.05) is 31.2 Å². The minimum atomic E-state index is -0.485. The highest BCUT2D eigenvalue weighted by molar-refractivity contribution is 8.18. The highest BCUT2D eigenvalue weighted by Gasteiger charge is 2.40. The Morgan fingerprint density at radius 1 is 1.11 bits per heavy atom. The fourth-order valence-electron chi connectivity index (χ4n) is 3.31. The average Bonchev–Trinajstić information content (AvgIpc) is 3.17. The molecule has 2 aliphatic rings. The van der Waals surface area contributed by atoms with Crippen molar-refractivity contribution in [3.05, 3.63) is 64.6 Å². The van der Waals surface area contributed by atoms with Gasteiger partial charge in [0.2, 0.25) is 5.91 Å². The molecule has 0 bridgehead atoms. The van der Waals surface area contributed by atoms with Crippen LogP contribution >= 0.6 is 11.8 Å². The van der Waals surface area contributed by atoms with Crippen LogP contribution in [0, 0.1) is 0 Å². The van der Waals surface area contributed by atoms with E-state index in [2.05, 4.69) is 10.3 Å². The van der Waals surface area contributed by atoms with Gasteiger partial charge >= 0.3 is 0 Å². The first-order valence-corrected chi connectivity index (χ1v) is 9.67. The normalized spacial score (nSPS) is 19.9. The molecule has 0 atom stereocenters. The van der Waals surface area contributed by atoms with Crippen molar-refractivity contribution in [2.24, 2.45) is 4.99 Å². The summed E-state index contributed by atoms with van der Waals surface area (Å²) in [5, 5.41) is 3.15. The monoisotopic (exact) mass is 391 g/mol. The summed E-state index contributed by atoms with van der Waals surface area (Å²) in [7, 11) is 0. The van der Waals surface area contributed by atoms with E-state index in [4.69, 9.17) is 0 Å². The van der Waals surface area contributed by atoms with E-state index < -0.39 is 5.91 Å². The van der Waals surface area contributed by atoms with Crippen LogP contribution in [0.3, 0.4) is 0 Å². The minimum Gasteiger partial charge on any atom is -0.300 e. The standard InChI is InChI=1S/C21H17N3O3S/c1-3-13-8-4-6-10-15(13)22-21-23-19(26)18(28-21)17-14-9-5-7-11-16(14)24(12(2)25)20(17)27/h4-11H,3H2,1-2H3,(H,22,23,26). The molecular formula is C21H17N3O3S. The van der Waals surface area contributed by atoms with Gasteiger partial charge in [0.05, 0.1) is 21.9 Å². The van der Waals surface area contributed by atoms with Crippen LogP contribution in [0.2, 0.25) is 0 Å². The van der Waals surface area contributed by atoms with Crippen molar-refractivity contribution in [2.45, 2.75) is 20.3 Å². The highest BCUT2D eigenvalue weighted by atomic mass is 32.2. The second-order valence-electron chi connectivity index (χ2n) is 6.34. The van der Waals surface area contributed by atoms with Crippen LogP contribution in [-0.2, 0) is 20.8 Å². The number of para-hydroxylation sites is 2. The third-order valence-electron chi connectivity index (χ3n) is 4.59. The number of nitrogens with one attached hydrogen (secondary N) is 1. The molecule has 4 rings (SSSR count). The van der Waals surface area contributed by atoms with E-state index in [1.54, 1.807) is 24.3 Å². The lowest BCUT2D eigenvalue weighted by Gasteiger charge is -2.11. The number of anilines is 1. The van der Waals surface area contributed by atoms with Crippen molar-refractivity contribution in [3.63, 3.8) is 0 Å². The minimum absolute atomic E-state index is 0.238. The molecule has 7 heteroatoms. The van der Waals surface area contributed by atoms with Gasteiger partial charge in [0, 0.05) is 12.5 Å². The van der Waals surface area contributed by atoms with Crippen molar-refractivity contribution in [3.8, 4) is 0 Å². The third kappa shape index (κ3) is 2.93. The number of thioether (sulfide) groups is 1. The summed E-state index contributed by atoms with van der Waals surface area (Å²) in [6, 6.07) is 14.7. The first-order chi connectivity index (χ1) is 13.5. The lowest BCUT2D eigenvalue weighted by Crippen LogP contribution is -2.31. The smallest absolute Gasteiger partial charge is 0.267 e. The molecule has 1 N–H and O–H groups in total. The Bertz CT molecular complexity index is 1090. The number of amidine groups is 1. The molecule has 0 aromatic heterocycles. The third-order valence-corrected chi connectivity index (χ3v) is 5.57. The molecule has 0 unspecified atom stereocenters. The van der Waals surface area contributed by atoms with Gasteiger partial charge in [-0.25, -0.2) is 9.89 Å². The number of aryl methyl sites for hydroxylation is 1. The Labute approximate surface area is 166 Å². The van der Waals surface area contributed by atoms with Crippen LogP contribution in [0.5, 0.6) is 0 Å². The zero-order valence-corrected chi connectivity index (χ0v) is 16.2. The number of imide groups is 1. The summed E-state index contributed by atoms with van der Waals surface area (Å²) in [5.74, 6) is -1.26. The van der Waals surface area contributed by atoms with Gasteiger partial charge in [-0.15, -0.1) is 0 Å². The van der Waals surface area contributed by atoms with Crippen LogP contribution in [0.1, 0.15) is 25.0 Å². The van der Waals surface area contributed by atoms with Gasteiger partial charge in [-0.2, -0.15) is 0 Å². The Morgan fingerprint density at radius 2 is 1.82 bits per heavy atom. The number of carbonyl (C=O) groups excluding carboxylic acids is 3. The van der Waals surface area contributed by atoms with Crippen molar-refractivity contribution in [1.29, 1.82) is 0 Å². The van der Waals surface area contributed by atoms with Gasteiger partial charge in [0.15, 0.2) is 5.17 Å². The predicted octanol–water partition coefficient (Wildman–Crippen LogP) is 3.40. The molecule has 0 aliphatic carbocycles. The number of carbonyl (C=O) groups is 3. The van der Waals surface area contributed by atoms with Crippen molar-refractivity contribution < 1.29 is 14.4 Å². The summed E-state index contributed by atoms with van der Waals surface area (Å²) in [6.45, 7) is 3.37. The van der Waals surface area contributed by atoms with Crippen LogP contribution in [0.15, 0.2) is 58.4 Å². The second kappa shape index (κ2) is 7.09. The molecule has 6 nitrogen and oxygen atoms in total. The van der Waals surface area contributed by atoms with Crippen LogP contribution in [0.25, 0.3) is 5.57 Å². The molecule has 1 fully saturated rings. The van der Waals surface area contributed by atoms with Gasteiger partial charge in [0.25, 0.3) is 11.8 Å². The first kappa shape index (κ1) is 18.2. The lowest BCUT2D eigenvalue weighted by molar-refractivity contribution is -0.122. The summed E-state index contributed by atoms with van der Waals surface area (Å²) >= 11 is 1.12. The molecule has 28 heavy (non-hydrogen) atoms. The number of benzene rings is 2. The number of hydrogen-bond donors (Lipinski definition) is 1. The molecule has 140 valence electrons. The van der Waals surface area contributed by atoms with E-state index in [0.717, 1.165) is 34.3 Å². The van der Waals surface area contributed by atoms with E-state index in [-0.39, 0.29) is 22.3 Å². The van der Waals surface area contributed by atoms with Gasteiger partial charge < -0.3 is 5.32 Å². The number of nitrogens with zero attached hydrogens (tertiary/aromatic N) is 2. The van der Waals surface area contributed by atoms with E-state index in [0.29, 0.717) is 16.4 Å². The SMILES string of the molecule is CCc1ccccc1N=C1NC(=O)C(=C2C(=O)N(C(C)=O)c3ccccc32)S1. The summed E-state index contributed by atoms with van der Waals surface area (Å²) in [6.07, 6.45) is 0.818. The number of amides is 3. The zero-order valence-electron chi connectivity index (χ0n) is 15.4. The number of aliphatic imine (C=N–C) groups is 1. The van der Waals surface area contributed by atoms with Crippen molar-refractivity contribution in [1.82, 2.24) is 5.32 Å². The summed E-state index contributed by atoms with van der Waals surface area (Å²) in [5.41, 5.74) is 3.16. The van der Waals surface area contributed by atoms with Crippen molar-refractivity contribution >= 4 is 51.6 Å². The Morgan fingerprint density at radius 3 is 2.57 bits per heavy atom. The molecule has 1 saturated heterocycles. The maximum Gasteiger partial charge on any atom is 0.267 e. The quantitative estimate of drug-likeness (QED) is 0.796. The Kier molecular flexibility index (Phi) is 4.60. The lowest BCUT2D eigenvalue weighted by atomic mass is 10.1. The average molecular weight is 391 g/mol. The van der Waals surface area contributed by atoms with Crippen LogP contribution in [-0.4, -0.2) is 22.9 Å². The highest BCUT2D eigenvalue weighted by Crippen LogP contribution is 2.42. The van der Waals surface area contributed by atoms with Crippen LogP contribution < -0.4 is 10.2 Å². The molecule has 0 radical (unpaired) electrons. The maximum absolute atomic E-state index is 12.9. The first-order valence-electron chi connectivity index (χ1n) is 8.85. The van der Waals surface area contributed by atoms with Crippen molar-refractivity contribution in [2.75, 3.05) is 4.90 Å². The molecule has 2 aromatic carbocycles. The molecule has 3 amide bonds. The van der Waals surface area contributed by atoms with Gasteiger partial charge in [-0.05, 0) is 35.9 Å². The summed E-state index contributed by atoms with van der Waals surface area (Å²) in [4.78, 5) is 43.4. The Balaban J connectivity index is 1.79. The van der Waals surface area contributed by atoms with Crippen LogP contribution in [0.4, 0.5) is 11.4 Å². The topological polar surface area (TPSA) is 78.8 Å². The molecule has 2 heterocycles. The molecule has 2 aliphatic heterocycles. The van der Waals surface area contributed by atoms with Gasteiger partial charge in [0.1, 0.15) is 0 Å². The largest absolute Gasteiger partial charge is 0.300 e. The molecule has 0 spiro atoms. The van der Waals surface area contributed by atoms with E-state index in [1.165, 1.54) is 6.92 Å².